The first-order valence-electron chi connectivity index (χ1n) is 8.62. The van der Waals surface area contributed by atoms with Crippen LogP contribution in [0.1, 0.15) is 18.4 Å². The van der Waals surface area contributed by atoms with Crippen LogP contribution in [0.3, 0.4) is 0 Å². The van der Waals surface area contributed by atoms with Gasteiger partial charge in [0.05, 0.1) is 12.3 Å². The minimum absolute atomic E-state index is 0.00858. The van der Waals surface area contributed by atoms with Gasteiger partial charge in [-0.2, -0.15) is 4.31 Å². The third-order valence-electron chi connectivity index (χ3n) is 4.27. The van der Waals surface area contributed by atoms with Crippen molar-refractivity contribution in [1.29, 1.82) is 0 Å². The van der Waals surface area contributed by atoms with Crippen molar-refractivity contribution in [3.8, 4) is 5.88 Å². The number of sulfonamides is 1. The molecule has 1 aromatic heterocycles. The normalized spacial score (nSPS) is 18.5. The minimum atomic E-state index is -3.38. The van der Waals surface area contributed by atoms with E-state index in [-0.39, 0.29) is 11.9 Å². The zero-order chi connectivity index (χ0) is 18.6. The van der Waals surface area contributed by atoms with Gasteiger partial charge in [-0.1, -0.05) is 30.3 Å². The molecule has 2 aromatic rings. The Kier molecular flexibility index (Phi) is 5.73. The molecule has 0 radical (unpaired) electrons. The maximum atomic E-state index is 12.8. The molecule has 7 nitrogen and oxygen atoms in total. The zero-order valence-corrected chi connectivity index (χ0v) is 15.9. The summed E-state index contributed by atoms with van der Waals surface area (Å²) >= 11 is 0. The zero-order valence-electron chi connectivity index (χ0n) is 15.1. The summed E-state index contributed by atoms with van der Waals surface area (Å²) in [5.74, 6) is 1.08. The van der Waals surface area contributed by atoms with Gasteiger partial charge in [-0.15, -0.1) is 0 Å². The first kappa shape index (κ1) is 18.6. The van der Waals surface area contributed by atoms with Gasteiger partial charge in [-0.05, 0) is 18.4 Å². The van der Waals surface area contributed by atoms with Crippen molar-refractivity contribution >= 4 is 15.8 Å². The molecule has 1 aliphatic rings. The van der Waals surface area contributed by atoms with Crippen molar-refractivity contribution in [1.82, 2.24) is 14.3 Å². The van der Waals surface area contributed by atoms with E-state index in [1.165, 1.54) is 4.31 Å². The fourth-order valence-corrected chi connectivity index (χ4v) is 4.59. The van der Waals surface area contributed by atoms with Gasteiger partial charge in [0.15, 0.2) is 5.82 Å². The predicted molar refractivity (Wildman–Crippen MR) is 101 cm³/mol. The summed E-state index contributed by atoms with van der Waals surface area (Å²) in [6, 6.07) is 9.24. The quantitative estimate of drug-likeness (QED) is 0.767. The van der Waals surface area contributed by atoms with Gasteiger partial charge in [0.2, 0.25) is 10.0 Å². The standard InChI is InChI=1S/C18H24N4O3S/c1-21(2)17-18(20-11-10-19-17)25-16-9-6-12-22(13-16)26(23,24)14-15-7-4-3-5-8-15/h3-5,7-8,10-11,16H,6,9,12-14H2,1-2H3. The first-order chi connectivity index (χ1) is 12.5. The third-order valence-corrected chi connectivity index (χ3v) is 6.09. The van der Waals surface area contributed by atoms with Crippen LogP contribution in [0.15, 0.2) is 42.7 Å². The Morgan fingerprint density at radius 3 is 2.65 bits per heavy atom. The number of benzene rings is 1. The Morgan fingerprint density at radius 1 is 1.19 bits per heavy atom. The highest BCUT2D eigenvalue weighted by molar-refractivity contribution is 7.88. The van der Waals surface area contributed by atoms with Crippen molar-refractivity contribution in [3.05, 3.63) is 48.3 Å². The Labute approximate surface area is 154 Å². The number of piperidine rings is 1. The molecule has 2 heterocycles. The molecule has 1 unspecified atom stereocenters. The summed E-state index contributed by atoms with van der Waals surface area (Å²) in [6.45, 7) is 0.856. The molecule has 1 atom stereocenters. The van der Waals surface area contributed by atoms with Crippen molar-refractivity contribution in [3.63, 3.8) is 0 Å². The Hall–Kier alpha value is -2.19. The van der Waals surface area contributed by atoms with E-state index in [9.17, 15) is 8.42 Å². The van der Waals surface area contributed by atoms with Crippen LogP contribution in [0.25, 0.3) is 0 Å². The van der Waals surface area contributed by atoms with E-state index >= 15 is 0 Å². The molecule has 1 aromatic carbocycles. The second-order valence-electron chi connectivity index (χ2n) is 6.56. The van der Waals surface area contributed by atoms with Gasteiger partial charge in [0.25, 0.3) is 5.88 Å². The first-order valence-corrected chi connectivity index (χ1v) is 10.2. The highest BCUT2D eigenvalue weighted by Gasteiger charge is 2.30. The smallest absolute Gasteiger partial charge is 0.257 e. The van der Waals surface area contributed by atoms with Crippen LogP contribution in [0.2, 0.25) is 0 Å². The largest absolute Gasteiger partial charge is 0.470 e. The number of aromatic nitrogens is 2. The van der Waals surface area contributed by atoms with Gasteiger partial charge in [0, 0.05) is 33.0 Å². The lowest BCUT2D eigenvalue weighted by atomic mass is 10.1. The number of hydrogen-bond acceptors (Lipinski definition) is 6. The van der Waals surface area contributed by atoms with Crippen LogP contribution in [0.4, 0.5) is 5.82 Å². The molecular formula is C18H24N4O3S. The third kappa shape index (κ3) is 4.50. The number of nitrogens with zero attached hydrogens (tertiary/aromatic N) is 4. The molecule has 0 saturated carbocycles. The van der Waals surface area contributed by atoms with Gasteiger partial charge in [-0.3, -0.25) is 0 Å². The fraction of sp³-hybridized carbons (Fsp3) is 0.444. The average Bonchev–Trinajstić information content (AvgIpc) is 2.63. The van der Waals surface area contributed by atoms with E-state index in [1.807, 2.05) is 49.3 Å². The summed E-state index contributed by atoms with van der Waals surface area (Å²) in [5.41, 5.74) is 0.791. The Balaban J connectivity index is 1.69. The second kappa shape index (κ2) is 8.01. The highest BCUT2D eigenvalue weighted by atomic mass is 32.2. The van der Waals surface area contributed by atoms with Crippen LogP contribution in [-0.2, 0) is 15.8 Å². The summed E-state index contributed by atoms with van der Waals surface area (Å²) in [7, 11) is 0.358. The lowest BCUT2D eigenvalue weighted by Crippen LogP contribution is -2.44. The van der Waals surface area contributed by atoms with Crippen molar-refractivity contribution in [2.45, 2.75) is 24.7 Å². The second-order valence-corrected chi connectivity index (χ2v) is 8.53. The number of anilines is 1. The SMILES string of the molecule is CN(C)c1nccnc1OC1CCCN(S(=O)(=O)Cc2ccccc2)C1. The van der Waals surface area contributed by atoms with Gasteiger partial charge >= 0.3 is 0 Å². The van der Waals surface area contributed by atoms with Gasteiger partial charge in [-0.25, -0.2) is 18.4 Å². The Bertz CT molecular complexity index is 827. The Morgan fingerprint density at radius 2 is 1.92 bits per heavy atom. The average molecular weight is 376 g/mol. The van der Waals surface area contributed by atoms with E-state index in [0.717, 1.165) is 18.4 Å². The predicted octanol–water partition coefficient (Wildman–Crippen LogP) is 1.92. The van der Waals surface area contributed by atoms with Crippen molar-refractivity contribution in [2.24, 2.45) is 0 Å². The van der Waals surface area contributed by atoms with Crippen LogP contribution in [0, 0.1) is 0 Å². The summed E-state index contributed by atoms with van der Waals surface area (Å²) in [5, 5.41) is 0. The summed E-state index contributed by atoms with van der Waals surface area (Å²) in [6.07, 6.45) is 4.51. The van der Waals surface area contributed by atoms with Crippen LogP contribution in [-0.4, -0.2) is 56.0 Å². The molecule has 1 saturated heterocycles. The van der Waals surface area contributed by atoms with Crippen molar-refractivity contribution in [2.75, 3.05) is 32.1 Å². The van der Waals surface area contributed by atoms with Gasteiger partial charge in [0.1, 0.15) is 6.10 Å². The summed E-state index contributed by atoms with van der Waals surface area (Å²) < 4.78 is 33.1. The minimum Gasteiger partial charge on any atom is -0.470 e. The molecule has 0 aliphatic carbocycles. The molecule has 0 N–H and O–H groups in total. The van der Waals surface area contributed by atoms with E-state index in [4.69, 9.17) is 4.74 Å². The molecule has 0 spiro atoms. The lowest BCUT2D eigenvalue weighted by Gasteiger charge is -2.32. The number of ether oxygens (including phenoxy) is 1. The van der Waals surface area contributed by atoms with E-state index in [2.05, 4.69) is 9.97 Å². The van der Waals surface area contributed by atoms with E-state index < -0.39 is 10.0 Å². The molecule has 140 valence electrons. The summed E-state index contributed by atoms with van der Waals surface area (Å²) in [4.78, 5) is 10.4. The molecule has 8 heteroatoms. The van der Waals surface area contributed by atoms with Crippen LogP contribution in [0.5, 0.6) is 5.88 Å². The molecule has 0 bridgehead atoms. The highest BCUT2D eigenvalue weighted by Crippen LogP contribution is 2.25. The van der Waals surface area contributed by atoms with E-state index in [1.54, 1.807) is 12.4 Å². The monoisotopic (exact) mass is 376 g/mol. The lowest BCUT2D eigenvalue weighted by molar-refractivity contribution is 0.124. The topological polar surface area (TPSA) is 75.6 Å². The maximum absolute atomic E-state index is 12.8. The molecular weight excluding hydrogens is 352 g/mol. The molecule has 26 heavy (non-hydrogen) atoms. The number of hydrogen-bond donors (Lipinski definition) is 0. The molecule has 0 amide bonds. The fourth-order valence-electron chi connectivity index (χ4n) is 3.00. The number of rotatable bonds is 6. The van der Waals surface area contributed by atoms with E-state index in [0.29, 0.717) is 24.8 Å². The van der Waals surface area contributed by atoms with Crippen LogP contribution < -0.4 is 9.64 Å². The molecule has 1 fully saturated rings. The van der Waals surface area contributed by atoms with Crippen LogP contribution >= 0.6 is 0 Å². The molecule has 3 rings (SSSR count). The van der Waals surface area contributed by atoms with Crippen molar-refractivity contribution < 1.29 is 13.2 Å². The maximum Gasteiger partial charge on any atom is 0.257 e. The molecule has 1 aliphatic heterocycles. The van der Waals surface area contributed by atoms with Gasteiger partial charge < -0.3 is 9.64 Å².